The largest absolute Gasteiger partial charge is 0.396 e. The van der Waals surface area contributed by atoms with Crippen molar-refractivity contribution in [1.82, 2.24) is 9.78 Å². The van der Waals surface area contributed by atoms with Crippen molar-refractivity contribution in [3.05, 3.63) is 16.3 Å². The number of hydrogen-bond donors (Lipinski definition) is 2. The lowest BCUT2D eigenvalue weighted by molar-refractivity contribution is -0.384. The first-order valence-electron chi connectivity index (χ1n) is 4.93. The van der Waals surface area contributed by atoms with E-state index in [-0.39, 0.29) is 18.1 Å². The molecule has 90 valence electrons. The molecule has 7 heteroatoms. The Morgan fingerprint density at radius 1 is 1.69 bits per heavy atom. The molecule has 0 atom stereocenters. The normalized spacial score (nSPS) is 11.5. The molecule has 0 unspecified atom stereocenters. The molecule has 0 aliphatic heterocycles. The van der Waals surface area contributed by atoms with Crippen molar-refractivity contribution in [2.75, 3.05) is 11.9 Å². The topological polar surface area (TPSA) is 93.2 Å². The number of aliphatic hydroxyl groups is 1. The van der Waals surface area contributed by atoms with E-state index in [1.54, 1.807) is 7.05 Å². The van der Waals surface area contributed by atoms with Crippen LogP contribution >= 0.6 is 0 Å². The first-order chi connectivity index (χ1) is 7.35. The second-order valence-corrected chi connectivity index (χ2v) is 4.28. The maximum atomic E-state index is 10.7. The molecule has 0 amide bonds. The molecule has 7 nitrogen and oxygen atoms in total. The van der Waals surface area contributed by atoms with Crippen LogP contribution in [0.25, 0.3) is 0 Å². The molecule has 1 aromatic rings. The fourth-order valence-corrected chi connectivity index (χ4v) is 1.36. The Morgan fingerprint density at radius 3 is 2.81 bits per heavy atom. The van der Waals surface area contributed by atoms with E-state index in [9.17, 15) is 10.1 Å². The van der Waals surface area contributed by atoms with E-state index in [4.69, 9.17) is 5.11 Å². The number of aromatic nitrogens is 2. The van der Waals surface area contributed by atoms with Gasteiger partial charge in [-0.25, -0.2) is 0 Å². The molecule has 0 fully saturated rings. The predicted molar refractivity (Wildman–Crippen MR) is 59.3 cm³/mol. The number of rotatable bonds is 5. The third-order valence-corrected chi connectivity index (χ3v) is 2.20. The van der Waals surface area contributed by atoms with Gasteiger partial charge in [0, 0.05) is 19.2 Å². The van der Waals surface area contributed by atoms with E-state index >= 15 is 0 Å². The van der Waals surface area contributed by atoms with Crippen molar-refractivity contribution >= 4 is 11.5 Å². The van der Waals surface area contributed by atoms with Gasteiger partial charge in [0.05, 0.1) is 4.92 Å². The molecule has 0 aliphatic rings. The summed E-state index contributed by atoms with van der Waals surface area (Å²) in [7, 11) is 1.62. The third kappa shape index (κ3) is 2.93. The number of nitrogens with zero attached hydrogens (tertiary/aromatic N) is 3. The molecule has 16 heavy (non-hydrogen) atoms. The van der Waals surface area contributed by atoms with Crippen LogP contribution in [0.3, 0.4) is 0 Å². The Labute approximate surface area is 93.2 Å². The van der Waals surface area contributed by atoms with Gasteiger partial charge in [0.25, 0.3) is 0 Å². The van der Waals surface area contributed by atoms with Crippen LogP contribution in [0, 0.1) is 10.1 Å². The quantitative estimate of drug-likeness (QED) is 0.577. The average molecular weight is 228 g/mol. The van der Waals surface area contributed by atoms with E-state index in [0.717, 1.165) is 0 Å². The van der Waals surface area contributed by atoms with Crippen LogP contribution in [-0.4, -0.2) is 32.0 Å². The highest BCUT2D eigenvalue weighted by atomic mass is 16.6. The highest BCUT2D eigenvalue weighted by Gasteiger charge is 2.25. The number of hydrogen-bond acceptors (Lipinski definition) is 5. The number of anilines is 1. The van der Waals surface area contributed by atoms with E-state index in [2.05, 4.69) is 10.4 Å². The summed E-state index contributed by atoms with van der Waals surface area (Å²) in [4.78, 5) is 10.3. The molecule has 1 heterocycles. The molecule has 0 saturated heterocycles. The molecular weight excluding hydrogens is 212 g/mol. The molecule has 0 radical (unpaired) electrons. The Hall–Kier alpha value is -1.63. The zero-order chi connectivity index (χ0) is 12.3. The van der Waals surface area contributed by atoms with Crippen molar-refractivity contribution < 1.29 is 10.0 Å². The first kappa shape index (κ1) is 12.4. The van der Waals surface area contributed by atoms with Gasteiger partial charge in [-0.2, -0.15) is 0 Å². The molecule has 0 aliphatic carbocycles. The van der Waals surface area contributed by atoms with E-state index < -0.39 is 10.5 Å². The molecule has 1 rings (SSSR count). The fourth-order valence-electron chi connectivity index (χ4n) is 1.36. The average Bonchev–Trinajstić information content (AvgIpc) is 2.45. The Morgan fingerprint density at radius 2 is 2.31 bits per heavy atom. The van der Waals surface area contributed by atoms with Crippen LogP contribution in [0.5, 0.6) is 0 Å². The lowest BCUT2D eigenvalue weighted by atomic mass is 10.0. The predicted octanol–water partition coefficient (Wildman–Crippen LogP) is 0.901. The van der Waals surface area contributed by atoms with Gasteiger partial charge in [-0.1, -0.05) is 0 Å². The molecule has 1 aromatic heterocycles. The van der Waals surface area contributed by atoms with Crippen molar-refractivity contribution in [3.8, 4) is 0 Å². The van der Waals surface area contributed by atoms with E-state index in [0.29, 0.717) is 6.42 Å². The summed E-state index contributed by atoms with van der Waals surface area (Å²) in [5, 5.41) is 26.5. The lowest BCUT2D eigenvalue weighted by Gasteiger charge is -2.24. The first-order valence-corrected chi connectivity index (χ1v) is 4.93. The maximum absolute atomic E-state index is 10.7. The minimum atomic E-state index is -0.482. The summed E-state index contributed by atoms with van der Waals surface area (Å²) in [6.45, 7) is 3.71. The maximum Gasteiger partial charge on any atom is 0.330 e. The monoisotopic (exact) mass is 228 g/mol. The van der Waals surface area contributed by atoms with Crippen molar-refractivity contribution in [2.24, 2.45) is 7.05 Å². The Kier molecular flexibility index (Phi) is 3.48. The fraction of sp³-hybridized carbons (Fsp3) is 0.667. The van der Waals surface area contributed by atoms with Crippen LogP contribution in [0.15, 0.2) is 6.20 Å². The van der Waals surface area contributed by atoms with Gasteiger partial charge in [0.15, 0.2) is 0 Å². The molecule has 0 aromatic carbocycles. The number of nitro groups is 1. The second-order valence-electron chi connectivity index (χ2n) is 4.28. The molecule has 0 saturated carbocycles. The third-order valence-electron chi connectivity index (χ3n) is 2.20. The summed E-state index contributed by atoms with van der Waals surface area (Å²) in [6, 6.07) is 0. The van der Waals surface area contributed by atoms with Gasteiger partial charge in [-0.3, -0.25) is 14.8 Å². The summed E-state index contributed by atoms with van der Waals surface area (Å²) in [5.41, 5.74) is -0.498. The Bertz CT molecular complexity index is 386. The minimum Gasteiger partial charge on any atom is -0.396 e. The smallest absolute Gasteiger partial charge is 0.330 e. The van der Waals surface area contributed by atoms with Crippen LogP contribution in [0.4, 0.5) is 11.5 Å². The summed E-state index contributed by atoms with van der Waals surface area (Å²) in [5.74, 6) is 0.228. The van der Waals surface area contributed by atoms with E-state index in [1.165, 1.54) is 10.9 Å². The summed E-state index contributed by atoms with van der Waals surface area (Å²) < 4.78 is 1.38. The summed E-state index contributed by atoms with van der Waals surface area (Å²) >= 11 is 0. The number of aryl methyl sites for hydroxylation is 1. The molecule has 2 N–H and O–H groups in total. The van der Waals surface area contributed by atoms with Gasteiger partial charge >= 0.3 is 5.69 Å². The second kappa shape index (κ2) is 4.48. The van der Waals surface area contributed by atoms with Gasteiger partial charge in [0.1, 0.15) is 6.20 Å². The van der Waals surface area contributed by atoms with Crippen molar-refractivity contribution in [2.45, 2.75) is 25.8 Å². The van der Waals surface area contributed by atoms with Crippen LogP contribution in [-0.2, 0) is 7.05 Å². The van der Waals surface area contributed by atoms with E-state index in [1.807, 2.05) is 13.8 Å². The van der Waals surface area contributed by atoms with Gasteiger partial charge < -0.3 is 10.4 Å². The van der Waals surface area contributed by atoms with Crippen LogP contribution < -0.4 is 5.32 Å². The zero-order valence-electron chi connectivity index (χ0n) is 9.60. The SMILES string of the molecule is Cn1cc([N+](=O)[O-])c(NC(C)(C)CCO)n1. The molecular formula is C9H16N4O3. The standard InChI is InChI=1S/C9H16N4O3/c1-9(2,4-5-14)10-8-7(13(15)16)6-12(3)11-8/h6,14H,4-5H2,1-3H3,(H,10,11). The number of aliphatic hydroxyl groups excluding tert-OH is 1. The van der Waals surface area contributed by atoms with Crippen molar-refractivity contribution in [1.29, 1.82) is 0 Å². The Balaban J connectivity index is 2.92. The molecule has 0 spiro atoms. The van der Waals surface area contributed by atoms with Gasteiger partial charge in [-0.05, 0) is 20.3 Å². The van der Waals surface area contributed by atoms with Crippen molar-refractivity contribution in [3.63, 3.8) is 0 Å². The zero-order valence-corrected chi connectivity index (χ0v) is 9.60. The lowest BCUT2D eigenvalue weighted by Crippen LogP contribution is -2.32. The van der Waals surface area contributed by atoms with Crippen LogP contribution in [0.1, 0.15) is 20.3 Å². The highest BCUT2D eigenvalue weighted by molar-refractivity contribution is 5.55. The highest BCUT2D eigenvalue weighted by Crippen LogP contribution is 2.25. The molecule has 0 bridgehead atoms. The van der Waals surface area contributed by atoms with Crippen LogP contribution in [0.2, 0.25) is 0 Å². The van der Waals surface area contributed by atoms with Gasteiger partial charge in [-0.15, -0.1) is 5.10 Å². The minimum absolute atomic E-state index is 0.0145. The number of nitrogens with one attached hydrogen (secondary N) is 1. The summed E-state index contributed by atoms with van der Waals surface area (Å²) in [6.07, 6.45) is 1.83. The van der Waals surface area contributed by atoms with Gasteiger partial charge in [0.2, 0.25) is 5.82 Å².